The third kappa shape index (κ3) is 3.47. The number of hydrogen-bond acceptors (Lipinski definition) is 3. The van der Waals surface area contributed by atoms with Crippen molar-refractivity contribution in [1.82, 2.24) is 0 Å². The number of fused-ring (bicyclic) bond motifs is 1. The van der Waals surface area contributed by atoms with Gasteiger partial charge in [0.2, 0.25) is 0 Å². The fourth-order valence-corrected chi connectivity index (χ4v) is 3.42. The molecule has 0 aliphatic carbocycles. The number of anilines is 1. The lowest BCUT2D eigenvalue weighted by molar-refractivity contribution is 0.0961. The van der Waals surface area contributed by atoms with Gasteiger partial charge in [-0.2, -0.15) is 0 Å². The molecule has 0 saturated heterocycles. The van der Waals surface area contributed by atoms with Crippen LogP contribution in [-0.4, -0.2) is 11.9 Å². The molecule has 0 N–H and O–H groups in total. The van der Waals surface area contributed by atoms with Crippen molar-refractivity contribution in [3.8, 4) is 0 Å². The molecule has 27 heavy (non-hydrogen) atoms. The number of ketones is 1. The summed E-state index contributed by atoms with van der Waals surface area (Å²) in [6.07, 6.45) is -0.214. The van der Waals surface area contributed by atoms with E-state index in [2.05, 4.69) is 0 Å². The van der Waals surface area contributed by atoms with E-state index in [4.69, 9.17) is 4.74 Å². The van der Waals surface area contributed by atoms with Crippen LogP contribution in [0.5, 0.6) is 0 Å². The minimum Gasteiger partial charge on any atom is -0.444 e. The fraction of sp³-hybridized carbons (Fsp3) is 0.130. The maximum absolute atomic E-state index is 13.0. The molecule has 1 heterocycles. The molecule has 4 nitrogen and oxygen atoms in total. The predicted molar refractivity (Wildman–Crippen MR) is 104 cm³/mol. The number of carbonyl (C=O) groups is 2. The zero-order chi connectivity index (χ0) is 18.6. The van der Waals surface area contributed by atoms with Crippen LogP contribution in [0.15, 0.2) is 84.9 Å². The Morgan fingerprint density at radius 2 is 1.52 bits per heavy atom. The van der Waals surface area contributed by atoms with Crippen LogP contribution >= 0.6 is 0 Å². The largest absolute Gasteiger partial charge is 0.444 e. The maximum Gasteiger partial charge on any atom is 0.415 e. The van der Waals surface area contributed by atoms with Crippen LogP contribution in [-0.2, 0) is 11.3 Å². The van der Waals surface area contributed by atoms with Gasteiger partial charge in [0.15, 0.2) is 5.78 Å². The number of rotatable bonds is 3. The molecule has 1 aliphatic heterocycles. The molecule has 1 aliphatic rings. The summed E-state index contributed by atoms with van der Waals surface area (Å²) in [5.41, 5.74) is 2.99. The maximum atomic E-state index is 13.0. The number of para-hydroxylation sites is 1. The standard InChI is InChI=1S/C23H19NO3/c25-22-15-21(18-11-5-2-6-12-18)24(20-14-8-7-13-19(20)22)23(26)27-16-17-9-3-1-4-10-17/h1-14,21H,15-16H2. The lowest BCUT2D eigenvalue weighted by Gasteiger charge is -2.35. The summed E-state index contributed by atoms with van der Waals surface area (Å²) in [6.45, 7) is 0.188. The predicted octanol–water partition coefficient (Wildman–Crippen LogP) is 5.16. The Labute approximate surface area is 158 Å². The Kier molecular flexibility index (Phi) is 4.71. The highest BCUT2D eigenvalue weighted by Crippen LogP contribution is 2.38. The highest BCUT2D eigenvalue weighted by Gasteiger charge is 2.36. The van der Waals surface area contributed by atoms with Gasteiger partial charge in [-0.3, -0.25) is 9.69 Å². The second-order valence-electron chi connectivity index (χ2n) is 6.48. The summed E-state index contributed by atoms with van der Waals surface area (Å²) in [5, 5.41) is 0. The highest BCUT2D eigenvalue weighted by molar-refractivity contribution is 6.08. The highest BCUT2D eigenvalue weighted by atomic mass is 16.6. The lowest BCUT2D eigenvalue weighted by Crippen LogP contribution is -2.40. The monoisotopic (exact) mass is 357 g/mol. The Balaban J connectivity index is 1.67. The summed E-state index contributed by atoms with van der Waals surface area (Å²) in [4.78, 5) is 27.3. The van der Waals surface area contributed by atoms with E-state index < -0.39 is 6.09 Å². The molecule has 1 atom stereocenters. The van der Waals surface area contributed by atoms with Gasteiger partial charge >= 0.3 is 6.09 Å². The number of Topliss-reactive ketones (excluding diaryl/α,β-unsaturated/α-hetero) is 1. The minimum absolute atomic E-state index is 0.0339. The second kappa shape index (κ2) is 7.46. The molecule has 3 aromatic carbocycles. The van der Waals surface area contributed by atoms with Crippen LogP contribution in [0, 0.1) is 0 Å². The van der Waals surface area contributed by atoms with Crippen molar-refractivity contribution >= 4 is 17.6 Å². The third-order valence-electron chi connectivity index (χ3n) is 4.74. The zero-order valence-corrected chi connectivity index (χ0v) is 14.7. The van der Waals surface area contributed by atoms with E-state index in [1.54, 1.807) is 17.0 Å². The summed E-state index contributed by atoms with van der Waals surface area (Å²) in [6, 6.07) is 26.0. The van der Waals surface area contributed by atoms with Gasteiger partial charge in [0, 0.05) is 12.0 Å². The molecular weight excluding hydrogens is 338 g/mol. The Morgan fingerprint density at radius 3 is 2.26 bits per heavy atom. The molecule has 1 unspecified atom stereocenters. The molecule has 134 valence electrons. The SMILES string of the molecule is O=C1CC(c2ccccc2)N(C(=O)OCc2ccccc2)c2ccccc21. The van der Waals surface area contributed by atoms with Crippen molar-refractivity contribution in [1.29, 1.82) is 0 Å². The van der Waals surface area contributed by atoms with Crippen molar-refractivity contribution < 1.29 is 14.3 Å². The van der Waals surface area contributed by atoms with E-state index in [0.717, 1.165) is 11.1 Å². The normalized spacial score (nSPS) is 15.9. The minimum atomic E-state index is -0.451. The molecule has 0 aromatic heterocycles. The van der Waals surface area contributed by atoms with Gasteiger partial charge in [0.05, 0.1) is 11.7 Å². The Bertz CT molecular complexity index is 954. The van der Waals surface area contributed by atoms with Crippen LogP contribution < -0.4 is 4.90 Å². The summed E-state index contributed by atoms with van der Waals surface area (Å²) in [5.74, 6) is 0.0339. The first-order valence-electron chi connectivity index (χ1n) is 8.91. The quantitative estimate of drug-likeness (QED) is 0.651. The Hall–Kier alpha value is -3.40. The molecule has 4 rings (SSSR count). The third-order valence-corrected chi connectivity index (χ3v) is 4.74. The molecule has 4 heteroatoms. The van der Waals surface area contributed by atoms with Gasteiger partial charge in [-0.1, -0.05) is 72.8 Å². The lowest BCUT2D eigenvalue weighted by atomic mass is 9.90. The molecular formula is C23H19NO3. The van der Waals surface area contributed by atoms with Crippen LogP contribution in [0.3, 0.4) is 0 Å². The molecule has 3 aromatic rings. The average molecular weight is 357 g/mol. The van der Waals surface area contributed by atoms with Crippen molar-refractivity contribution in [2.24, 2.45) is 0 Å². The van der Waals surface area contributed by atoms with E-state index in [1.807, 2.05) is 72.8 Å². The van der Waals surface area contributed by atoms with Crippen LogP contribution in [0.25, 0.3) is 0 Å². The van der Waals surface area contributed by atoms with Gasteiger partial charge in [-0.15, -0.1) is 0 Å². The molecule has 1 amide bonds. The first-order chi connectivity index (χ1) is 13.2. The number of amides is 1. The second-order valence-corrected chi connectivity index (χ2v) is 6.48. The van der Waals surface area contributed by atoms with Crippen LogP contribution in [0.1, 0.15) is 33.9 Å². The summed E-state index contributed by atoms with van der Waals surface area (Å²) in [7, 11) is 0. The number of nitrogens with zero attached hydrogens (tertiary/aromatic N) is 1. The summed E-state index contributed by atoms with van der Waals surface area (Å²) >= 11 is 0. The van der Waals surface area contributed by atoms with E-state index >= 15 is 0 Å². The fourth-order valence-electron chi connectivity index (χ4n) is 3.42. The summed E-state index contributed by atoms with van der Waals surface area (Å²) < 4.78 is 5.59. The van der Waals surface area contributed by atoms with Gasteiger partial charge in [-0.05, 0) is 23.3 Å². The van der Waals surface area contributed by atoms with Crippen molar-refractivity contribution in [2.45, 2.75) is 19.1 Å². The van der Waals surface area contributed by atoms with E-state index in [1.165, 1.54) is 0 Å². The van der Waals surface area contributed by atoms with E-state index in [9.17, 15) is 9.59 Å². The van der Waals surface area contributed by atoms with Crippen molar-refractivity contribution in [3.05, 3.63) is 102 Å². The smallest absolute Gasteiger partial charge is 0.415 e. The molecule has 0 bridgehead atoms. The first kappa shape index (κ1) is 17.0. The number of hydrogen-bond donors (Lipinski definition) is 0. The van der Waals surface area contributed by atoms with Gasteiger partial charge in [-0.25, -0.2) is 4.79 Å². The van der Waals surface area contributed by atoms with Gasteiger partial charge < -0.3 is 4.74 Å². The van der Waals surface area contributed by atoms with Crippen LogP contribution in [0.4, 0.5) is 10.5 Å². The molecule has 0 fully saturated rings. The topological polar surface area (TPSA) is 46.6 Å². The average Bonchev–Trinajstić information content (AvgIpc) is 2.73. The molecule has 0 spiro atoms. The van der Waals surface area contributed by atoms with Crippen molar-refractivity contribution in [3.63, 3.8) is 0 Å². The first-order valence-corrected chi connectivity index (χ1v) is 8.91. The number of ether oxygens (including phenoxy) is 1. The number of carbonyl (C=O) groups excluding carboxylic acids is 2. The van der Waals surface area contributed by atoms with E-state index in [-0.39, 0.29) is 24.9 Å². The van der Waals surface area contributed by atoms with Crippen LogP contribution in [0.2, 0.25) is 0 Å². The molecule has 0 radical (unpaired) electrons. The van der Waals surface area contributed by atoms with Gasteiger partial charge in [0.1, 0.15) is 6.61 Å². The zero-order valence-electron chi connectivity index (χ0n) is 14.7. The molecule has 0 saturated carbocycles. The van der Waals surface area contributed by atoms with Gasteiger partial charge in [0.25, 0.3) is 0 Å². The van der Waals surface area contributed by atoms with Crippen molar-refractivity contribution in [2.75, 3.05) is 4.90 Å². The number of benzene rings is 3. The van der Waals surface area contributed by atoms with E-state index in [0.29, 0.717) is 11.3 Å². The Morgan fingerprint density at radius 1 is 0.889 bits per heavy atom.